The highest BCUT2D eigenvalue weighted by Crippen LogP contribution is 2.36. The molecule has 2 amide bonds. The van der Waals surface area contributed by atoms with Crippen LogP contribution in [0.25, 0.3) is 0 Å². The number of hydrogen-bond acceptors (Lipinski definition) is 4. The summed E-state index contributed by atoms with van der Waals surface area (Å²) in [6.45, 7) is 3.73. The van der Waals surface area contributed by atoms with Gasteiger partial charge in [0.2, 0.25) is 11.8 Å². The fourth-order valence-electron chi connectivity index (χ4n) is 4.56. The van der Waals surface area contributed by atoms with E-state index < -0.39 is 11.9 Å². The average Bonchev–Trinajstić information content (AvgIpc) is 2.86. The van der Waals surface area contributed by atoms with E-state index in [1.165, 1.54) is 0 Å². The third kappa shape index (κ3) is 7.87. The number of rotatable bonds is 11. The summed E-state index contributed by atoms with van der Waals surface area (Å²) >= 11 is 12.3. The standard InChI is InChI=1S/C27H32Cl2N2O5/c1-2-36-21-7-3-18(4-8-21)5-10-24(32)31-15-12-19(13-16-31)26(27(35)30-14-11-25(33)34)20-6-9-22(28)23(29)17-20/h3-4,6-9,17,19,26H,2,5,10-16H2,1H3,(H,30,35)(H,33,34)/t26-/m0/s1. The molecule has 36 heavy (non-hydrogen) atoms. The summed E-state index contributed by atoms with van der Waals surface area (Å²) < 4.78 is 5.46. The average molecular weight is 535 g/mol. The first-order valence-electron chi connectivity index (χ1n) is 12.2. The van der Waals surface area contributed by atoms with Gasteiger partial charge < -0.3 is 20.1 Å². The second-order valence-corrected chi connectivity index (χ2v) is 9.70. The highest BCUT2D eigenvalue weighted by Gasteiger charge is 2.34. The van der Waals surface area contributed by atoms with Crippen LogP contribution in [0.4, 0.5) is 0 Å². The van der Waals surface area contributed by atoms with Crippen molar-refractivity contribution in [2.24, 2.45) is 5.92 Å². The zero-order chi connectivity index (χ0) is 26.1. The SMILES string of the molecule is CCOc1ccc(CCC(=O)N2CCC([C@H](C(=O)NCCC(=O)O)c3ccc(Cl)c(Cl)c3)CC2)cc1. The third-order valence-electron chi connectivity index (χ3n) is 6.45. The molecular formula is C27H32Cl2N2O5. The fourth-order valence-corrected chi connectivity index (χ4v) is 4.86. The number of aryl methyl sites for hydroxylation is 1. The van der Waals surface area contributed by atoms with E-state index in [0.29, 0.717) is 55.4 Å². The summed E-state index contributed by atoms with van der Waals surface area (Å²) in [7, 11) is 0. The van der Waals surface area contributed by atoms with Crippen LogP contribution in [0.1, 0.15) is 49.7 Å². The molecular weight excluding hydrogens is 503 g/mol. The van der Waals surface area contributed by atoms with Gasteiger partial charge in [-0.25, -0.2) is 0 Å². The Morgan fingerprint density at radius 1 is 1.06 bits per heavy atom. The molecule has 0 aromatic heterocycles. The van der Waals surface area contributed by atoms with Crippen LogP contribution in [0, 0.1) is 5.92 Å². The van der Waals surface area contributed by atoms with Crippen molar-refractivity contribution in [2.45, 2.75) is 44.9 Å². The minimum Gasteiger partial charge on any atom is -0.494 e. The molecule has 1 heterocycles. The number of hydrogen-bond donors (Lipinski definition) is 2. The Bertz CT molecular complexity index is 1050. The van der Waals surface area contributed by atoms with Gasteiger partial charge in [0.1, 0.15) is 5.75 Å². The van der Waals surface area contributed by atoms with Gasteiger partial charge in [-0.1, -0.05) is 41.4 Å². The second kappa shape index (κ2) is 13.5. The van der Waals surface area contributed by atoms with Crippen LogP contribution < -0.4 is 10.1 Å². The number of benzene rings is 2. The number of aliphatic carboxylic acids is 1. The minimum atomic E-state index is -0.974. The van der Waals surface area contributed by atoms with Crippen molar-refractivity contribution in [3.63, 3.8) is 0 Å². The van der Waals surface area contributed by atoms with Crippen LogP contribution in [0.2, 0.25) is 10.0 Å². The van der Waals surface area contributed by atoms with Gasteiger partial charge in [0.05, 0.1) is 29.0 Å². The molecule has 0 aliphatic carbocycles. The molecule has 0 unspecified atom stereocenters. The summed E-state index contributed by atoms with van der Waals surface area (Å²) in [4.78, 5) is 38.7. The highest BCUT2D eigenvalue weighted by atomic mass is 35.5. The molecule has 0 saturated carbocycles. The molecule has 0 spiro atoms. The van der Waals surface area contributed by atoms with Gasteiger partial charge in [0, 0.05) is 26.1 Å². The Balaban J connectivity index is 1.59. The van der Waals surface area contributed by atoms with Crippen molar-refractivity contribution in [2.75, 3.05) is 26.2 Å². The van der Waals surface area contributed by atoms with Gasteiger partial charge >= 0.3 is 5.97 Å². The molecule has 2 N–H and O–H groups in total. The Hall–Kier alpha value is -2.77. The molecule has 2 aromatic rings. The largest absolute Gasteiger partial charge is 0.494 e. The van der Waals surface area contributed by atoms with Gasteiger partial charge in [-0.2, -0.15) is 0 Å². The van der Waals surface area contributed by atoms with Crippen LogP contribution >= 0.6 is 23.2 Å². The summed E-state index contributed by atoms with van der Waals surface area (Å²) in [5, 5.41) is 12.4. The number of carbonyl (C=O) groups excluding carboxylic acids is 2. The van der Waals surface area contributed by atoms with E-state index in [1.54, 1.807) is 18.2 Å². The topological polar surface area (TPSA) is 95.9 Å². The normalized spacial score (nSPS) is 14.8. The lowest BCUT2D eigenvalue weighted by Crippen LogP contribution is -2.43. The lowest BCUT2D eigenvalue weighted by molar-refractivity contribution is -0.137. The van der Waals surface area contributed by atoms with Gasteiger partial charge in [0.25, 0.3) is 0 Å². The number of piperidine rings is 1. The predicted octanol–water partition coefficient (Wildman–Crippen LogP) is 4.94. The first-order valence-corrected chi connectivity index (χ1v) is 13.0. The lowest BCUT2D eigenvalue weighted by atomic mass is 9.79. The number of carboxylic acid groups (broad SMARTS) is 1. The van der Waals surface area contributed by atoms with Crippen molar-refractivity contribution in [1.29, 1.82) is 0 Å². The third-order valence-corrected chi connectivity index (χ3v) is 7.19. The summed E-state index contributed by atoms with van der Waals surface area (Å²) in [6, 6.07) is 12.9. The molecule has 9 heteroatoms. The fraction of sp³-hybridized carbons (Fsp3) is 0.444. The lowest BCUT2D eigenvalue weighted by Gasteiger charge is -2.36. The van der Waals surface area contributed by atoms with Gasteiger partial charge in [-0.3, -0.25) is 14.4 Å². The quantitative estimate of drug-likeness (QED) is 0.425. The number of nitrogens with one attached hydrogen (secondary N) is 1. The molecule has 194 valence electrons. The molecule has 1 atom stereocenters. The van der Waals surface area contributed by atoms with Crippen molar-refractivity contribution >= 4 is 41.0 Å². The summed E-state index contributed by atoms with van der Waals surface area (Å²) in [5.41, 5.74) is 1.82. The molecule has 1 aliphatic heterocycles. The number of carboxylic acids is 1. The van der Waals surface area contributed by atoms with Crippen LogP contribution in [0.3, 0.4) is 0 Å². The Morgan fingerprint density at radius 2 is 1.75 bits per heavy atom. The Morgan fingerprint density at radius 3 is 2.36 bits per heavy atom. The van der Waals surface area contributed by atoms with Crippen LogP contribution in [0.5, 0.6) is 5.75 Å². The molecule has 3 rings (SSSR count). The monoisotopic (exact) mass is 534 g/mol. The zero-order valence-corrected chi connectivity index (χ0v) is 21.9. The molecule has 0 bridgehead atoms. The number of ether oxygens (including phenoxy) is 1. The minimum absolute atomic E-state index is 0.0118. The van der Waals surface area contributed by atoms with Crippen LogP contribution in [0.15, 0.2) is 42.5 Å². The number of likely N-dealkylation sites (tertiary alicyclic amines) is 1. The molecule has 2 aromatic carbocycles. The van der Waals surface area contributed by atoms with E-state index in [0.717, 1.165) is 16.9 Å². The zero-order valence-electron chi connectivity index (χ0n) is 20.3. The number of halogens is 2. The van der Waals surface area contributed by atoms with Crippen molar-refractivity contribution < 1.29 is 24.2 Å². The van der Waals surface area contributed by atoms with E-state index in [1.807, 2.05) is 36.1 Å². The summed E-state index contributed by atoms with van der Waals surface area (Å²) in [5.74, 6) is -0.817. The first kappa shape index (κ1) is 27.8. The van der Waals surface area contributed by atoms with E-state index >= 15 is 0 Å². The molecule has 1 fully saturated rings. The van der Waals surface area contributed by atoms with E-state index in [-0.39, 0.29) is 30.7 Å². The van der Waals surface area contributed by atoms with Gasteiger partial charge in [-0.15, -0.1) is 0 Å². The maximum atomic E-state index is 13.1. The smallest absolute Gasteiger partial charge is 0.305 e. The number of nitrogens with zero attached hydrogens (tertiary/aromatic N) is 1. The van der Waals surface area contributed by atoms with Crippen molar-refractivity contribution in [3.05, 3.63) is 63.6 Å². The maximum Gasteiger partial charge on any atom is 0.305 e. The molecule has 7 nitrogen and oxygen atoms in total. The van der Waals surface area contributed by atoms with Crippen LogP contribution in [-0.4, -0.2) is 54.0 Å². The predicted molar refractivity (Wildman–Crippen MR) is 140 cm³/mol. The second-order valence-electron chi connectivity index (χ2n) is 8.88. The molecule has 1 saturated heterocycles. The van der Waals surface area contributed by atoms with Gasteiger partial charge in [-0.05, 0) is 67.5 Å². The van der Waals surface area contributed by atoms with Crippen LogP contribution in [-0.2, 0) is 20.8 Å². The molecule has 0 radical (unpaired) electrons. The van der Waals surface area contributed by atoms with E-state index in [9.17, 15) is 14.4 Å². The Kier molecular flexibility index (Phi) is 10.4. The number of carbonyl (C=O) groups is 3. The summed E-state index contributed by atoms with van der Waals surface area (Å²) in [6.07, 6.45) is 2.24. The van der Waals surface area contributed by atoms with E-state index in [4.69, 9.17) is 33.0 Å². The van der Waals surface area contributed by atoms with Gasteiger partial charge in [0.15, 0.2) is 0 Å². The molecule has 1 aliphatic rings. The van der Waals surface area contributed by atoms with E-state index in [2.05, 4.69) is 5.32 Å². The highest BCUT2D eigenvalue weighted by molar-refractivity contribution is 6.42. The number of amides is 2. The van der Waals surface area contributed by atoms with Crippen molar-refractivity contribution in [1.82, 2.24) is 10.2 Å². The first-order chi connectivity index (χ1) is 17.3. The maximum absolute atomic E-state index is 13.1. The Labute approximate surface area is 221 Å². The van der Waals surface area contributed by atoms with Crippen molar-refractivity contribution in [3.8, 4) is 5.75 Å².